The Bertz CT molecular complexity index is 439. The largest absolute Gasteiger partial charge is 0.383 e. The number of carbonyl (C=O) groups excluding carboxylic acids is 1. The van der Waals surface area contributed by atoms with Gasteiger partial charge in [-0.15, -0.1) is 0 Å². The lowest BCUT2D eigenvalue weighted by atomic mass is 10.3. The smallest absolute Gasteiger partial charge is 0.222 e. The average Bonchev–Trinajstić information content (AvgIpc) is 3.36. The highest BCUT2D eigenvalue weighted by molar-refractivity contribution is 5.80. The van der Waals surface area contributed by atoms with Gasteiger partial charge in [-0.25, -0.2) is 0 Å². The molecule has 25 heavy (non-hydrogen) atoms. The van der Waals surface area contributed by atoms with Gasteiger partial charge in [-0.1, -0.05) is 6.92 Å². The molecule has 2 rings (SSSR count). The number of methoxy groups -OCH3 is 1. The summed E-state index contributed by atoms with van der Waals surface area (Å²) in [5, 5.41) is 6.81. The number of likely N-dealkylation sites (tertiary alicyclic amines) is 1. The number of carbonyl (C=O) groups is 1. The number of hydrogen-bond acceptors (Lipinski definition) is 4. The first-order valence-corrected chi connectivity index (χ1v) is 9.73. The summed E-state index contributed by atoms with van der Waals surface area (Å²) in [6, 6.07) is 1.02. The molecule has 2 N–H and O–H groups in total. The Morgan fingerprint density at radius 1 is 1.28 bits per heavy atom. The zero-order valence-corrected chi connectivity index (χ0v) is 16.1. The van der Waals surface area contributed by atoms with Crippen LogP contribution in [0.15, 0.2) is 4.99 Å². The summed E-state index contributed by atoms with van der Waals surface area (Å²) in [5.41, 5.74) is 0. The Hall–Kier alpha value is -1.34. The van der Waals surface area contributed by atoms with Crippen molar-refractivity contribution >= 4 is 11.9 Å². The minimum atomic E-state index is 0.240. The van der Waals surface area contributed by atoms with E-state index in [0.717, 1.165) is 64.3 Å². The van der Waals surface area contributed by atoms with Crippen LogP contribution in [-0.4, -0.2) is 86.7 Å². The second-order valence-corrected chi connectivity index (χ2v) is 6.84. The first-order valence-electron chi connectivity index (χ1n) is 9.73. The predicted octanol–water partition coefficient (Wildman–Crippen LogP) is 0.663. The maximum atomic E-state index is 11.8. The Balaban J connectivity index is 1.78. The van der Waals surface area contributed by atoms with Crippen LogP contribution in [0.2, 0.25) is 0 Å². The first kappa shape index (κ1) is 20.0. The van der Waals surface area contributed by atoms with Crippen molar-refractivity contribution in [3.05, 3.63) is 0 Å². The maximum Gasteiger partial charge on any atom is 0.222 e. The van der Waals surface area contributed by atoms with Gasteiger partial charge in [-0.2, -0.15) is 0 Å². The Morgan fingerprint density at radius 2 is 2.08 bits per heavy atom. The number of hydrogen-bond donors (Lipinski definition) is 2. The molecule has 1 unspecified atom stereocenters. The molecule has 2 fully saturated rings. The lowest BCUT2D eigenvalue weighted by molar-refractivity contribution is -0.129. The molecule has 0 bridgehead atoms. The van der Waals surface area contributed by atoms with E-state index in [2.05, 4.69) is 22.5 Å². The van der Waals surface area contributed by atoms with E-state index in [1.807, 2.05) is 11.8 Å². The van der Waals surface area contributed by atoms with Crippen LogP contribution >= 0.6 is 0 Å². The molecular formula is C18H35N5O2. The molecule has 1 aliphatic heterocycles. The van der Waals surface area contributed by atoms with Crippen LogP contribution in [0.3, 0.4) is 0 Å². The van der Waals surface area contributed by atoms with Gasteiger partial charge in [-0.05, 0) is 26.2 Å². The standard InChI is InChI=1S/C18H35N5O2/c1-4-17(24)23-10-8-15(14-23)21-18(19-5-2)20-9-11-22(12-13-25-3)16-6-7-16/h15-16H,4-14H2,1-3H3,(H2,19,20,21). The van der Waals surface area contributed by atoms with Gasteiger partial charge in [-0.3, -0.25) is 14.7 Å². The number of amides is 1. The molecule has 2 aliphatic rings. The van der Waals surface area contributed by atoms with Gasteiger partial charge < -0.3 is 20.3 Å². The number of nitrogens with one attached hydrogen (secondary N) is 2. The van der Waals surface area contributed by atoms with Crippen molar-refractivity contribution in [3.63, 3.8) is 0 Å². The van der Waals surface area contributed by atoms with Crippen LogP contribution in [0.1, 0.15) is 39.5 Å². The van der Waals surface area contributed by atoms with Crippen molar-refractivity contribution in [2.24, 2.45) is 4.99 Å². The molecule has 1 saturated heterocycles. The van der Waals surface area contributed by atoms with Gasteiger partial charge in [0, 0.05) is 58.3 Å². The molecule has 1 amide bonds. The van der Waals surface area contributed by atoms with E-state index in [9.17, 15) is 4.79 Å². The minimum absolute atomic E-state index is 0.240. The fourth-order valence-corrected chi connectivity index (χ4v) is 3.26. The predicted molar refractivity (Wildman–Crippen MR) is 101 cm³/mol. The van der Waals surface area contributed by atoms with Gasteiger partial charge in [0.15, 0.2) is 5.96 Å². The summed E-state index contributed by atoms with van der Waals surface area (Å²) in [6.45, 7) is 9.97. The third-order valence-corrected chi connectivity index (χ3v) is 4.83. The van der Waals surface area contributed by atoms with Gasteiger partial charge in [0.1, 0.15) is 0 Å². The molecule has 0 aromatic rings. The molecule has 0 spiro atoms. The second kappa shape index (κ2) is 10.6. The average molecular weight is 354 g/mol. The molecule has 0 aromatic heterocycles. The number of aliphatic imine (C=N–C) groups is 1. The van der Waals surface area contributed by atoms with Gasteiger partial charge in [0.05, 0.1) is 13.2 Å². The minimum Gasteiger partial charge on any atom is -0.383 e. The van der Waals surface area contributed by atoms with Crippen LogP contribution in [0.4, 0.5) is 0 Å². The molecule has 7 nitrogen and oxygen atoms in total. The van der Waals surface area contributed by atoms with Crippen LogP contribution in [0, 0.1) is 0 Å². The molecule has 1 atom stereocenters. The van der Waals surface area contributed by atoms with Crippen LogP contribution in [-0.2, 0) is 9.53 Å². The molecule has 144 valence electrons. The van der Waals surface area contributed by atoms with Crippen molar-refractivity contribution in [3.8, 4) is 0 Å². The third kappa shape index (κ3) is 6.82. The normalized spacial score (nSPS) is 21.0. The van der Waals surface area contributed by atoms with Crippen LogP contribution in [0.5, 0.6) is 0 Å². The lowest BCUT2D eigenvalue weighted by Crippen LogP contribution is -2.45. The molecule has 1 aliphatic carbocycles. The Kier molecular flexibility index (Phi) is 8.48. The summed E-state index contributed by atoms with van der Waals surface area (Å²) in [4.78, 5) is 21.0. The van der Waals surface area contributed by atoms with Gasteiger partial charge >= 0.3 is 0 Å². The molecule has 1 saturated carbocycles. The molecular weight excluding hydrogens is 318 g/mol. The highest BCUT2D eigenvalue weighted by atomic mass is 16.5. The molecule has 0 aromatic carbocycles. The van der Waals surface area contributed by atoms with Crippen molar-refractivity contribution in [1.29, 1.82) is 0 Å². The lowest BCUT2D eigenvalue weighted by Gasteiger charge is -2.21. The summed E-state index contributed by atoms with van der Waals surface area (Å²) >= 11 is 0. The van der Waals surface area contributed by atoms with Gasteiger partial charge in [0.2, 0.25) is 5.91 Å². The highest BCUT2D eigenvalue weighted by Crippen LogP contribution is 2.26. The Labute approximate surface area is 152 Å². The Morgan fingerprint density at radius 3 is 2.72 bits per heavy atom. The third-order valence-electron chi connectivity index (χ3n) is 4.83. The number of guanidine groups is 1. The zero-order valence-electron chi connectivity index (χ0n) is 16.1. The monoisotopic (exact) mass is 353 g/mol. The molecule has 7 heteroatoms. The zero-order chi connectivity index (χ0) is 18.1. The van der Waals surface area contributed by atoms with E-state index in [1.54, 1.807) is 7.11 Å². The summed E-state index contributed by atoms with van der Waals surface area (Å²) in [5.74, 6) is 1.10. The van der Waals surface area contributed by atoms with E-state index >= 15 is 0 Å². The molecule has 0 radical (unpaired) electrons. The van der Waals surface area contributed by atoms with Crippen molar-refractivity contribution in [2.45, 2.75) is 51.6 Å². The summed E-state index contributed by atoms with van der Waals surface area (Å²) in [7, 11) is 1.75. The number of rotatable bonds is 10. The van der Waals surface area contributed by atoms with E-state index < -0.39 is 0 Å². The number of ether oxygens (including phenoxy) is 1. The van der Waals surface area contributed by atoms with E-state index in [-0.39, 0.29) is 5.91 Å². The topological polar surface area (TPSA) is 69.2 Å². The highest BCUT2D eigenvalue weighted by Gasteiger charge is 2.28. The fourth-order valence-electron chi connectivity index (χ4n) is 3.26. The molecule has 1 heterocycles. The van der Waals surface area contributed by atoms with E-state index in [1.165, 1.54) is 12.8 Å². The van der Waals surface area contributed by atoms with E-state index in [4.69, 9.17) is 9.73 Å². The SMILES string of the molecule is CCNC(=NCCN(CCOC)C1CC1)NC1CCN(C(=O)CC)C1. The van der Waals surface area contributed by atoms with Crippen LogP contribution in [0.25, 0.3) is 0 Å². The van der Waals surface area contributed by atoms with Crippen LogP contribution < -0.4 is 10.6 Å². The maximum absolute atomic E-state index is 11.8. The van der Waals surface area contributed by atoms with Gasteiger partial charge in [0.25, 0.3) is 0 Å². The van der Waals surface area contributed by atoms with E-state index in [0.29, 0.717) is 12.5 Å². The van der Waals surface area contributed by atoms with Crippen molar-refractivity contribution < 1.29 is 9.53 Å². The summed E-state index contributed by atoms with van der Waals surface area (Å²) in [6.07, 6.45) is 4.17. The summed E-state index contributed by atoms with van der Waals surface area (Å²) < 4.78 is 5.21. The first-order chi connectivity index (χ1) is 12.2. The van der Waals surface area contributed by atoms with Crippen molar-refractivity contribution in [1.82, 2.24) is 20.4 Å². The quantitative estimate of drug-likeness (QED) is 0.446. The fraction of sp³-hybridized carbons (Fsp3) is 0.889. The second-order valence-electron chi connectivity index (χ2n) is 6.84. The number of nitrogens with zero attached hydrogens (tertiary/aromatic N) is 3. The van der Waals surface area contributed by atoms with Crippen molar-refractivity contribution in [2.75, 3.05) is 53.0 Å².